The molecule has 3 atom stereocenters. The largest absolute Gasteiger partial charge is 0.311 e. The molecule has 1 nitrogen and oxygen atoms in total. The summed E-state index contributed by atoms with van der Waals surface area (Å²) in [6.07, 6.45) is 10.2. The van der Waals surface area contributed by atoms with Crippen LogP contribution in [-0.2, 0) is 6.42 Å². The van der Waals surface area contributed by atoms with Gasteiger partial charge in [-0.1, -0.05) is 36.8 Å². The Morgan fingerprint density at radius 2 is 2.05 bits per heavy atom. The SMILES string of the molecule is CSC1CCCC(NC(C)CCc2ccccc2)C1. The van der Waals surface area contributed by atoms with Gasteiger partial charge in [-0.05, 0) is 50.8 Å². The van der Waals surface area contributed by atoms with Crippen molar-refractivity contribution in [2.45, 2.75) is 62.8 Å². The topological polar surface area (TPSA) is 12.0 Å². The van der Waals surface area contributed by atoms with E-state index >= 15 is 0 Å². The Morgan fingerprint density at radius 3 is 2.79 bits per heavy atom. The highest BCUT2D eigenvalue weighted by molar-refractivity contribution is 7.99. The van der Waals surface area contributed by atoms with Crippen molar-refractivity contribution in [3.63, 3.8) is 0 Å². The molecule has 0 amide bonds. The van der Waals surface area contributed by atoms with Crippen molar-refractivity contribution in [3.05, 3.63) is 35.9 Å². The third-order valence-electron chi connectivity index (χ3n) is 4.19. The number of thioether (sulfide) groups is 1. The second-order valence-corrected chi connectivity index (χ2v) is 6.95. The molecule has 2 heteroatoms. The minimum absolute atomic E-state index is 0.630. The second kappa shape index (κ2) is 7.96. The summed E-state index contributed by atoms with van der Waals surface area (Å²) in [5, 5.41) is 4.72. The van der Waals surface area contributed by atoms with Gasteiger partial charge < -0.3 is 5.32 Å². The predicted molar refractivity (Wildman–Crippen MR) is 86.9 cm³/mol. The summed E-state index contributed by atoms with van der Waals surface area (Å²) >= 11 is 2.05. The van der Waals surface area contributed by atoms with Crippen LogP contribution in [0.4, 0.5) is 0 Å². The zero-order valence-electron chi connectivity index (χ0n) is 12.3. The van der Waals surface area contributed by atoms with Gasteiger partial charge in [-0.3, -0.25) is 0 Å². The van der Waals surface area contributed by atoms with Crippen LogP contribution < -0.4 is 5.32 Å². The van der Waals surface area contributed by atoms with Crippen molar-refractivity contribution < 1.29 is 0 Å². The molecule has 1 aliphatic carbocycles. The molecule has 0 radical (unpaired) electrons. The summed E-state index contributed by atoms with van der Waals surface area (Å²) in [5.74, 6) is 0. The van der Waals surface area contributed by atoms with Gasteiger partial charge in [0.15, 0.2) is 0 Å². The normalized spacial score (nSPS) is 25.2. The van der Waals surface area contributed by atoms with E-state index in [1.165, 1.54) is 44.1 Å². The number of nitrogens with one attached hydrogen (secondary N) is 1. The van der Waals surface area contributed by atoms with Crippen LogP contribution in [0, 0.1) is 0 Å². The zero-order valence-corrected chi connectivity index (χ0v) is 13.1. The molecule has 1 N–H and O–H groups in total. The minimum Gasteiger partial charge on any atom is -0.311 e. The van der Waals surface area contributed by atoms with Gasteiger partial charge in [0.25, 0.3) is 0 Å². The zero-order chi connectivity index (χ0) is 13.5. The van der Waals surface area contributed by atoms with Crippen molar-refractivity contribution in [2.75, 3.05) is 6.26 Å². The molecular weight excluding hydrogens is 250 g/mol. The van der Waals surface area contributed by atoms with Crippen molar-refractivity contribution in [2.24, 2.45) is 0 Å². The van der Waals surface area contributed by atoms with Gasteiger partial charge >= 0.3 is 0 Å². The summed E-state index contributed by atoms with van der Waals surface area (Å²) in [6, 6.07) is 12.2. The van der Waals surface area contributed by atoms with E-state index in [9.17, 15) is 0 Å². The molecule has 1 aromatic rings. The van der Waals surface area contributed by atoms with E-state index in [-0.39, 0.29) is 0 Å². The Kier molecular flexibility index (Phi) is 6.25. The molecule has 0 heterocycles. The lowest BCUT2D eigenvalue weighted by Gasteiger charge is -2.31. The number of hydrogen-bond acceptors (Lipinski definition) is 2. The smallest absolute Gasteiger partial charge is 0.00800 e. The fourth-order valence-corrected chi connectivity index (χ4v) is 3.85. The quantitative estimate of drug-likeness (QED) is 0.833. The Hall–Kier alpha value is -0.470. The molecule has 1 fully saturated rings. The lowest BCUT2D eigenvalue weighted by atomic mass is 9.94. The summed E-state index contributed by atoms with van der Waals surface area (Å²) in [6.45, 7) is 2.34. The first kappa shape index (κ1) is 14.9. The Balaban J connectivity index is 1.70. The molecule has 19 heavy (non-hydrogen) atoms. The minimum atomic E-state index is 0.630. The van der Waals surface area contributed by atoms with Crippen LogP contribution in [0.15, 0.2) is 30.3 Å². The molecule has 0 saturated heterocycles. The van der Waals surface area contributed by atoms with Crippen LogP contribution in [0.5, 0.6) is 0 Å². The third-order valence-corrected chi connectivity index (χ3v) is 5.28. The number of rotatable bonds is 6. The molecular formula is C17H27NS. The first-order valence-corrected chi connectivity index (χ1v) is 8.89. The summed E-state index contributed by atoms with van der Waals surface area (Å²) in [5.41, 5.74) is 1.46. The van der Waals surface area contributed by atoms with Crippen LogP contribution >= 0.6 is 11.8 Å². The van der Waals surface area contributed by atoms with E-state index in [1.807, 2.05) is 11.8 Å². The standard InChI is InChI=1S/C17H27NS/c1-14(11-12-15-7-4-3-5-8-15)18-16-9-6-10-17(13-16)19-2/h3-5,7-8,14,16-18H,6,9-13H2,1-2H3. The van der Waals surface area contributed by atoms with Gasteiger partial charge in [0.2, 0.25) is 0 Å². The van der Waals surface area contributed by atoms with Crippen molar-refractivity contribution in [1.29, 1.82) is 0 Å². The number of hydrogen-bond donors (Lipinski definition) is 1. The van der Waals surface area contributed by atoms with Crippen LogP contribution in [0.25, 0.3) is 0 Å². The maximum Gasteiger partial charge on any atom is 0.00800 e. The van der Waals surface area contributed by atoms with Gasteiger partial charge in [-0.15, -0.1) is 0 Å². The molecule has 1 aliphatic rings. The van der Waals surface area contributed by atoms with Crippen molar-refractivity contribution in [1.82, 2.24) is 5.32 Å². The molecule has 3 unspecified atom stereocenters. The van der Waals surface area contributed by atoms with Gasteiger partial charge in [-0.2, -0.15) is 11.8 Å². The first-order valence-electron chi connectivity index (χ1n) is 7.60. The third kappa shape index (κ3) is 5.19. The molecule has 1 aromatic carbocycles. The van der Waals surface area contributed by atoms with Gasteiger partial charge in [0, 0.05) is 17.3 Å². The number of aryl methyl sites for hydroxylation is 1. The van der Waals surface area contributed by atoms with Gasteiger partial charge in [0.1, 0.15) is 0 Å². The Bertz CT molecular complexity index is 352. The average molecular weight is 277 g/mol. The molecule has 0 aromatic heterocycles. The van der Waals surface area contributed by atoms with E-state index in [4.69, 9.17) is 0 Å². The Labute approximate surface area is 122 Å². The van der Waals surface area contributed by atoms with Gasteiger partial charge in [0.05, 0.1) is 0 Å². The monoisotopic (exact) mass is 277 g/mol. The van der Waals surface area contributed by atoms with E-state index in [1.54, 1.807) is 0 Å². The van der Waals surface area contributed by atoms with E-state index < -0.39 is 0 Å². The van der Waals surface area contributed by atoms with Crippen molar-refractivity contribution in [3.8, 4) is 0 Å². The highest BCUT2D eigenvalue weighted by atomic mass is 32.2. The van der Waals surface area contributed by atoms with Crippen molar-refractivity contribution >= 4 is 11.8 Å². The summed E-state index contributed by atoms with van der Waals surface area (Å²) < 4.78 is 0. The molecule has 106 valence electrons. The van der Waals surface area contributed by atoms with Crippen LogP contribution in [0.1, 0.15) is 44.6 Å². The highest BCUT2D eigenvalue weighted by Crippen LogP contribution is 2.27. The maximum absolute atomic E-state index is 3.84. The maximum atomic E-state index is 3.84. The van der Waals surface area contributed by atoms with Crippen LogP contribution in [0.3, 0.4) is 0 Å². The fourth-order valence-electron chi connectivity index (χ4n) is 3.02. The molecule has 0 spiro atoms. The lowest BCUT2D eigenvalue weighted by Crippen LogP contribution is -2.40. The average Bonchev–Trinajstić information content (AvgIpc) is 2.46. The lowest BCUT2D eigenvalue weighted by molar-refractivity contribution is 0.342. The molecule has 1 saturated carbocycles. The predicted octanol–water partition coefficient (Wildman–Crippen LogP) is 4.27. The summed E-state index contributed by atoms with van der Waals surface area (Å²) in [4.78, 5) is 0. The van der Waals surface area contributed by atoms with E-state index in [0.29, 0.717) is 6.04 Å². The first-order chi connectivity index (χ1) is 9.28. The summed E-state index contributed by atoms with van der Waals surface area (Å²) in [7, 11) is 0. The van der Waals surface area contributed by atoms with Gasteiger partial charge in [-0.25, -0.2) is 0 Å². The number of benzene rings is 1. The highest BCUT2D eigenvalue weighted by Gasteiger charge is 2.21. The van der Waals surface area contributed by atoms with E-state index in [2.05, 4.69) is 48.8 Å². The van der Waals surface area contributed by atoms with E-state index in [0.717, 1.165) is 11.3 Å². The molecule has 0 bridgehead atoms. The molecule has 0 aliphatic heterocycles. The molecule has 2 rings (SSSR count). The fraction of sp³-hybridized carbons (Fsp3) is 0.647. The second-order valence-electron chi connectivity index (χ2n) is 5.81. The van der Waals surface area contributed by atoms with Crippen LogP contribution in [0.2, 0.25) is 0 Å². The Morgan fingerprint density at radius 1 is 1.26 bits per heavy atom. The van der Waals surface area contributed by atoms with Crippen LogP contribution in [-0.4, -0.2) is 23.6 Å².